The summed E-state index contributed by atoms with van der Waals surface area (Å²) in [6, 6.07) is 16.8. The molecule has 0 aliphatic carbocycles. The van der Waals surface area contributed by atoms with Gasteiger partial charge >= 0.3 is 0 Å². The highest BCUT2D eigenvalue weighted by Crippen LogP contribution is 2.36. The van der Waals surface area contributed by atoms with Crippen LogP contribution in [0.1, 0.15) is 11.1 Å². The number of anilines is 1. The molecule has 0 atom stereocenters. The summed E-state index contributed by atoms with van der Waals surface area (Å²) in [5, 5.41) is 24.4. The normalized spacial score (nSPS) is 10.9. The molecule has 0 amide bonds. The van der Waals surface area contributed by atoms with Crippen molar-refractivity contribution in [3.05, 3.63) is 80.8 Å². The number of aliphatic hydroxyl groups excluding tert-OH is 1. The molecule has 3 aromatic carbocycles. The average molecular weight is 455 g/mol. The topological polar surface area (TPSA) is 52.5 Å². The quantitative estimate of drug-likeness (QED) is 0.350. The Morgan fingerprint density at radius 1 is 0.893 bits per heavy atom. The number of benzene rings is 3. The highest BCUT2D eigenvalue weighted by atomic mass is 35.5. The van der Waals surface area contributed by atoms with Gasteiger partial charge < -0.3 is 15.5 Å². The van der Waals surface area contributed by atoms with Crippen LogP contribution in [-0.2, 0) is 13.0 Å². The van der Waals surface area contributed by atoms with Crippen LogP contribution in [0.2, 0.25) is 15.1 Å². The van der Waals surface area contributed by atoms with Crippen molar-refractivity contribution in [3.63, 3.8) is 0 Å². The van der Waals surface area contributed by atoms with E-state index in [4.69, 9.17) is 39.9 Å². The van der Waals surface area contributed by atoms with Crippen LogP contribution < -0.4 is 5.32 Å². The number of nitrogens with one attached hydrogen (secondary N) is 1. The summed E-state index contributed by atoms with van der Waals surface area (Å²) in [4.78, 5) is 2.04. The molecular formula is C21H18Cl3NO2S. The second-order valence-corrected chi connectivity index (χ2v) is 8.44. The third-order valence-electron chi connectivity index (χ3n) is 4.10. The van der Waals surface area contributed by atoms with Crippen LogP contribution in [0.4, 0.5) is 5.69 Å². The summed E-state index contributed by atoms with van der Waals surface area (Å²) in [7, 11) is 0. The van der Waals surface area contributed by atoms with Crippen LogP contribution in [0.5, 0.6) is 5.75 Å². The Hall–Kier alpha value is -1.56. The Labute approximate surface area is 183 Å². The van der Waals surface area contributed by atoms with Crippen molar-refractivity contribution >= 4 is 52.3 Å². The minimum atomic E-state index is -0.0591. The van der Waals surface area contributed by atoms with Crippen LogP contribution in [0.3, 0.4) is 0 Å². The molecule has 28 heavy (non-hydrogen) atoms. The summed E-state index contributed by atoms with van der Waals surface area (Å²) < 4.78 is 0. The molecule has 0 radical (unpaired) electrons. The molecule has 0 aromatic heterocycles. The van der Waals surface area contributed by atoms with Gasteiger partial charge in [0.25, 0.3) is 0 Å². The van der Waals surface area contributed by atoms with Crippen molar-refractivity contribution < 1.29 is 10.2 Å². The molecule has 0 saturated carbocycles. The van der Waals surface area contributed by atoms with Gasteiger partial charge in [0.1, 0.15) is 5.75 Å². The van der Waals surface area contributed by atoms with Gasteiger partial charge in [-0.25, -0.2) is 0 Å². The maximum atomic E-state index is 10.4. The van der Waals surface area contributed by atoms with E-state index in [1.165, 1.54) is 0 Å². The van der Waals surface area contributed by atoms with Crippen LogP contribution in [0.25, 0.3) is 0 Å². The van der Waals surface area contributed by atoms with Gasteiger partial charge in [-0.1, -0.05) is 64.8 Å². The van der Waals surface area contributed by atoms with Gasteiger partial charge in [0.05, 0.1) is 15.7 Å². The zero-order chi connectivity index (χ0) is 20.1. The van der Waals surface area contributed by atoms with Gasteiger partial charge in [0.2, 0.25) is 0 Å². The molecular weight excluding hydrogens is 437 g/mol. The zero-order valence-corrected chi connectivity index (χ0v) is 17.8. The van der Waals surface area contributed by atoms with Gasteiger partial charge in [0.15, 0.2) is 0 Å². The summed E-state index contributed by atoms with van der Waals surface area (Å²) in [5.41, 5.74) is 2.20. The van der Waals surface area contributed by atoms with E-state index < -0.39 is 0 Å². The fraction of sp³-hybridized carbons (Fsp3) is 0.143. The standard InChI is InChI=1S/C21H18Cl3NO2S/c22-15-9-13(7-8-26)21(27)19(10-15)25-12-14-3-1-2-4-20(14)28-16-5-6-17(23)18(24)11-16/h1-6,9-11,25-27H,7-8,12H2. The Bertz CT molecular complexity index is 982. The SMILES string of the molecule is OCCc1cc(Cl)cc(NCc2ccccc2Sc2ccc(Cl)c(Cl)c2)c1O. The Balaban J connectivity index is 1.80. The van der Waals surface area contributed by atoms with Crippen LogP contribution in [0, 0.1) is 0 Å². The first-order valence-electron chi connectivity index (χ1n) is 8.55. The number of hydrogen-bond donors (Lipinski definition) is 3. The molecule has 146 valence electrons. The van der Waals surface area contributed by atoms with Crippen molar-refractivity contribution in [2.24, 2.45) is 0 Å². The fourth-order valence-electron chi connectivity index (χ4n) is 2.71. The lowest BCUT2D eigenvalue weighted by atomic mass is 10.1. The predicted molar refractivity (Wildman–Crippen MR) is 118 cm³/mol. The van der Waals surface area contributed by atoms with Crippen LogP contribution in [0.15, 0.2) is 64.4 Å². The number of phenols is 1. The Morgan fingerprint density at radius 3 is 2.43 bits per heavy atom. The molecule has 0 aliphatic heterocycles. The molecule has 3 rings (SSSR count). The molecule has 3 aromatic rings. The van der Waals surface area contributed by atoms with Crippen molar-refractivity contribution in [3.8, 4) is 5.75 Å². The number of aliphatic hydroxyl groups is 1. The summed E-state index contributed by atoms with van der Waals surface area (Å²) in [6.07, 6.45) is 0.338. The van der Waals surface area contributed by atoms with Gasteiger partial charge in [0, 0.05) is 28.0 Å². The van der Waals surface area contributed by atoms with E-state index in [0.717, 1.165) is 15.4 Å². The minimum Gasteiger partial charge on any atom is -0.505 e. The Morgan fingerprint density at radius 2 is 1.68 bits per heavy atom. The number of phenolic OH excluding ortho intramolecular Hbond substituents is 1. The number of halogens is 3. The third kappa shape index (κ3) is 5.28. The molecule has 0 bridgehead atoms. The number of rotatable bonds is 7. The molecule has 0 heterocycles. The largest absolute Gasteiger partial charge is 0.505 e. The number of hydrogen-bond acceptors (Lipinski definition) is 4. The van der Waals surface area contributed by atoms with Crippen LogP contribution in [-0.4, -0.2) is 16.8 Å². The first-order valence-corrected chi connectivity index (χ1v) is 10.5. The van der Waals surface area contributed by atoms with Gasteiger partial charge in [-0.2, -0.15) is 0 Å². The lowest BCUT2D eigenvalue weighted by Gasteiger charge is -2.14. The first-order chi connectivity index (χ1) is 13.5. The van der Waals surface area contributed by atoms with E-state index in [0.29, 0.717) is 39.3 Å². The lowest BCUT2D eigenvalue weighted by Crippen LogP contribution is -2.03. The molecule has 0 spiro atoms. The second-order valence-electron chi connectivity index (χ2n) is 6.07. The fourth-order valence-corrected chi connectivity index (χ4v) is 4.30. The van der Waals surface area contributed by atoms with E-state index in [1.807, 2.05) is 36.4 Å². The molecule has 7 heteroatoms. The van der Waals surface area contributed by atoms with Crippen molar-refractivity contribution in [1.29, 1.82) is 0 Å². The van der Waals surface area contributed by atoms with E-state index in [9.17, 15) is 5.11 Å². The van der Waals surface area contributed by atoms with Gasteiger partial charge in [-0.05, 0) is 53.9 Å². The van der Waals surface area contributed by atoms with Crippen LogP contribution >= 0.6 is 46.6 Å². The summed E-state index contributed by atoms with van der Waals surface area (Å²) in [6.45, 7) is 0.438. The molecule has 0 saturated heterocycles. The van der Waals surface area contributed by atoms with Crippen molar-refractivity contribution in [2.75, 3.05) is 11.9 Å². The third-order valence-corrected chi connectivity index (χ3v) is 6.16. The van der Waals surface area contributed by atoms with Gasteiger partial charge in [-0.15, -0.1) is 0 Å². The van der Waals surface area contributed by atoms with E-state index in [1.54, 1.807) is 30.0 Å². The second kappa shape index (κ2) is 9.77. The first kappa shape index (κ1) is 21.2. The Kier molecular flexibility index (Phi) is 7.38. The van der Waals surface area contributed by atoms with E-state index in [-0.39, 0.29) is 12.4 Å². The van der Waals surface area contributed by atoms with Gasteiger partial charge in [-0.3, -0.25) is 0 Å². The zero-order valence-electron chi connectivity index (χ0n) is 14.8. The molecule has 3 N–H and O–H groups in total. The number of aromatic hydroxyl groups is 1. The maximum absolute atomic E-state index is 10.4. The van der Waals surface area contributed by atoms with Crippen molar-refractivity contribution in [2.45, 2.75) is 22.8 Å². The predicted octanol–water partition coefficient (Wildman–Crippen LogP) is 6.65. The van der Waals surface area contributed by atoms with Crippen molar-refractivity contribution in [1.82, 2.24) is 0 Å². The highest BCUT2D eigenvalue weighted by molar-refractivity contribution is 7.99. The lowest BCUT2D eigenvalue weighted by molar-refractivity contribution is 0.297. The smallest absolute Gasteiger partial charge is 0.142 e. The van der Waals surface area contributed by atoms with E-state index in [2.05, 4.69) is 5.32 Å². The minimum absolute atomic E-state index is 0.0591. The maximum Gasteiger partial charge on any atom is 0.142 e. The molecule has 3 nitrogen and oxygen atoms in total. The molecule has 0 unspecified atom stereocenters. The molecule has 0 fully saturated rings. The summed E-state index contributed by atoms with van der Waals surface area (Å²) >= 11 is 19.8. The summed E-state index contributed by atoms with van der Waals surface area (Å²) in [5.74, 6) is 0.105. The average Bonchev–Trinajstić information content (AvgIpc) is 2.67. The van der Waals surface area contributed by atoms with E-state index >= 15 is 0 Å². The molecule has 0 aliphatic rings. The monoisotopic (exact) mass is 453 g/mol. The highest BCUT2D eigenvalue weighted by Gasteiger charge is 2.11.